The van der Waals surface area contributed by atoms with Crippen LogP contribution in [0.3, 0.4) is 0 Å². The van der Waals surface area contributed by atoms with Crippen LogP contribution < -0.4 is 16.4 Å². The van der Waals surface area contributed by atoms with Gasteiger partial charge in [-0.25, -0.2) is 0 Å². The van der Waals surface area contributed by atoms with Gasteiger partial charge >= 0.3 is 0 Å². The van der Waals surface area contributed by atoms with Crippen molar-refractivity contribution in [3.63, 3.8) is 0 Å². The van der Waals surface area contributed by atoms with E-state index < -0.39 is 0 Å². The zero-order chi connectivity index (χ0) is 15.1. The summed E-state index contributed by atoms with van der Waals surface area (Å²) in [5.41, 5.74) is 7.25. The van der Waals surface area contributed by atoms with Crippen LogP contribution in [0.25, 0.3) is 0 Å². The molecule has 0 aromatic heterocycles. The maximum Gasteiger partial charge on any atom is 0.251 e. The topological polar surface area (TPSA) is 84.2 Å². The minimum Gasteiger partial charge on any atom is -0.352 e. The zero-order valence-corrected chi connectivity index (χ0v) is 13.5. The van der Waals surface area contributed by atoms with E-state index in [1.165, 1.54) is 0 Å². The average molecular weight is 314 g/mol. The van der Waals surface area contributed by atoms with Crippen LogP contribution in [0, 0.1) is 5.92 Å². The zero-order valence-electron chi connectivity index (χ0n) is 12.7. The molecular formula is C15H24ClN3O2. The van der Waals surface area contributed by atoms with Gasteiger partial charge in [-0.2, -0.15) is 0 Å². The largest absolute Gasteiger partial charge is 0.352 e. The number of carbonyl (C=O) groups excluding carboxylic acids is 2. The Labute approximate surface area is 132 Å². The van der Waals surface area contributed by atoms with Crippen molar-refractivity contribution in [1.29, 1.82) is 0 Å². The molecule has 1 rings (SSSR count). The number of carbonyl (C=O) groups is 2. The van der Waals surface area contributed by atoms with E-state index in [9.17, 15) is 9.59 Å². The average Bonchev–Trinajstić information content (AvgIpc) is 2.44. The first-order chi connectivity index (χ1) is 9.45. The molecule has 1 aromatic rings. The lowest BCUT2D eigenvalue weighted by Crippen LogP contribution is -2.38. The molecule has 2 atom stereocenters. The number of hydrogen-bond acceptors (Lipinski definition) is 3. The normalized spacial score (nSPS) is 12.8. The SMILES string of the molecule is CCNC(=O)c1ccc(CNC(=O)C(C)C(C)N)cc1.Cl. The summed E-state index contributed by atoms with van der Waals surface area (Å²) in [7, 11) is 0. The standard InChI is InChI=1S/C15H23N3O2.ClH/c1-4-17-15(20)13-7-5-12(6-8-13)9-18-14(19)10(2)11(3)16;/h5-8,10-11H,4,9,16H2,1-3H3,(H,17,20)(H,18,19);1H. The Kier molecular flexibility index (Phi) is 8.66. The summed E-state index contributed by atoms with van der Waals surface area (Å²) in [5.74, 6) is -0.369. The Morgan fingerprint density at radius 3 is 2.19 bits per heavy atom. The molecule has 2 amide bonds. The van der Waals surface area contributed by atoms with Crippen LogP contribution in [0.2, 0.25) is 0 Å². The molecule has 6 heteroatoms. The van der Waals surface area contributed by atoms with Gasteiger partial charge < -0.3 is 16.4 Å². The predicted molar refractivity (Wildman–Crippen MR) is 86.4 cm³/mol. The number of amides is 2. The van der Waals surface area contributed by atoms with Crippen molar-refractivity contribution < 1.29 is 9.59 Å². The van der Waals surface area contributed by atoms with Crippen molar-refractivity contribution >= 4 is 24.2 Å². The van der Waals surface area contributed by atoms with Crippen LogP contribution >= 0.6 is 12.4 Å². The van der Waals surface area contributed by atoms with Gasteiger partial charge in [-0.05, 0) is 31.5 Å². The first-order valence-corrected chi connectivity index (χ1v) is 6.86. The number of hydrogen-bond donors (Lipinski definition) is 3. The van der Waals surface area contributed by atoms with E-state index in [1.807, 2.05) is 26.0 Å². The van der Waals surface area contributed by atoms with Crippen LogP contribution in [0.15, 0.2) is 24.3 Å². The quantitative estimate of drug-likeness (QED) is 0.743. The number of nitrogens with two attached hydrogens (primary N) is 1. The lowest BCUT2D eigenvalue weighted by atomic mass is 10.0. The molecule has 0 saturated heterocycles. The minimum atomic E-state index is -0.218. The lowest BCUT2D eigenvalue weighted by Gasteiger charge is -2.15. The second-order valence-corrected chi connectivity index (χ2v) is 4.92. The monoisotopic (exact) mass is 313 g/mol. The summed E-state index contributed by atoms with van der Waals surface area (Å²) in [4.78, 5) is 23.4. The summed E-state index contributed by atoms with van der Waals surface area (Å²) in [6.07, 6.45) is 0. The molecule has 0 heterocycles. The first kappa shape index (κ1) is 19.4. The molecule has 118 valence electrons. The third-order valence-corrected chi connectivity index (χ3v) is 3.22. The molecule has 2 unspecified atom stereocenters. The molecule has 0 spiro atoms. The molecule has 5 nitrogen and oxygen atoms in total. The second-order valence-electron chi connectivity index (χ2n) is 4.92. The highest BCUT2D eigenvalue weighted by Gasteiger charge is 2.16. The van der Waals surface area contributed by atoms with Crippen molar-refractivity contribution in [2.75, 3.05) is 6.54 Å². The maximum absolute atomic E-state index is 11.8. The Balaban J connectivity index is 0.00000400. The van der Waals surface area contributed by atoms with E-state index in [4.69, 9.17) is 5.73 Å². The molecule has 4 N–H and O–H groups in total. The molecule has 0 fully saturated rings. The number of nitrogens with one attached hydrogen (secondary N) is 2. The van der Waals surface area contributed by atoms with Crippen molar-refractivity contribution in [1.82, 2.24) is 10.6 Å². The number of halogens is 1. The fourth-order valence-electron chi connectivity index (χ4n) is 1.63. The second kappa shape index (κ2) is 9.37. The molecule has 0 bridgehead atoms. The first-order valence-electron chi connectivity index (χ1n) is 6.86. The van der Waals surface area contributed by atoms with E-state index in [-0.39, 0.29) is 36.2 Å². The molecule has 21 heavy (non-hydrogen) atoms. The van der Waals surface area contributed by atoms with E-state index >= 15 is 0 Å². The molecule has 0 radical (unpaired) electrons. The summed E-state index contributed by atoms with van der Waals surface area (Å²) in [5, 5.41) is 5.57. The van der Waals surface area contributed by atoms with Crippen LogP contribution in [-0.2, 0) is 11.3 Å². The van der Waals surface area contributed by atoms with E-state index in [2.05, 4.69) is 10.6 Å². The fourth-order valence-corrected chi connectivity index (χ4v) is 1.63. The molecule has 0 saturated carbocycles. The lowest BCUT2D eigenvalue weighted by molar-refractivity contribution is -0.125. The van der Waals surface area contributed by atoms with E-state index in [0.29, 0.717) is 18.7 Å². The van der Waals surface area contributed by atoms with Gasteiger partial charge in [0.1, 0.15) is 0 Å². The van der Waals surface area contributed by atoms with Crippen molar-refractivity contribution in [3.05, 3.63) is 35.4 Å². The van der Waals surface area contributed by atoms with Crippen molar-refractivity contribution in [2.24, 2.45) is 11.7 Å². The smallest absolute Gasteiger partial charge is 0.251 e. The Bertz CT molecular complexity index is 460. The van der Waals surface area contributed by atoms with Crippen molar-refractivity contribution in [2.45, 2.75) is 33.4 Å². The minimum absolute atomic E-state index is 0. The van der Waals surface area contributed by atoms with Gasteiger partial charge in [-0.3, -0.25) is 9.59 Å². The Morgan fingerprint density at radius 1 is 1.14 bits per heavy atom. The van der Waals surface area contributed by atoms with E-state index in [0.717, 1.165) is 5.56 Å². The van der Waals surface area contributed by atoms with Gasteiger partial charge in [0.05, 0.1) is 0 Å². The highest BCUT2D eigenvalue weighted by atomic mass is 35.5. The predicted octanol–water partition coefficient (Wildman–Crippen LogP) is 1.46. The third-order valence-electron chi connectivity index (χ3n) is 3.22. The molecule has 0 aliphatic heterocycles. The third kappa shape index (κ3) is 6.14. The summed E-state index contributed by atoms with van der Waals surface area (Å²) >= 11 is 0. The van der Waals surface area contributed by atoms with Gasteiger partial charge in [0.25, 0.3) is 5.91 Å². The molecule has 0 aliphatic rings. The van der Waals surface area contributed by atoms with Gasteiger partial charge in [0, 0.05) is 30.6 Å². The van der Waals surface area contributed by atoms with Crippen molar-refractivity contribution in [3.8, 4) is 0 Å². The molecule has 1 aromatic carbocycles. The summed E-state index contributed by atoms with van der Waals surface area (Å²) in [6, 6.07) is 7.00. The highest BCUT2D eigenvalue weighted by Crippen LogP contribution is 2.05. The Hall–Kier alpha value is -1.59. The van der Waals surface area contributed by atoms with Gasteiger partial charge in [-0.15, -0.1) is 12.4 Å². The van der Waals surface area contributed by atoms with Crippen LogP contribution in [0.4, 0.5) is 0 Å². The summed E-state index contributed by atoms with van der Waals surface area (Å²) < 4.78 is 0. The van der Waals surface area contributed by atoms with Gasteiger partial charge in [-0.1, -0.05) is 19.1 Å². The van der Waals surface area contributed by atoms with Gasteiger partial charge in [0.15, 0.2) is 0 Å². The van der Waals surface area contributed by atoms with Crippen LogP contribution in [0.1, 0.15) is 36.7 Å². The number of rotatable bonds is 6. The summed E-state index contributed by atoms with van der Waals surface area (Å²) in [6.45, 7) is 6.53. The van der Waals surface area contributed by atoms with Crippen LogP contribution in [0.5, 0.6) is 0 Å². The molecule has 0 aliphatic carbocycles. The van der Waals surface area contributed by atoms with Crippen LogP contribution in [-0.4, -0.2) is 24.4 Å². The highest BCUT2D eigenvalue weighted by molar-refractivity contribution is 5.94. The fraction of sp³-hybridized carbons (Fsp3) is 0.467. The number of benzene rings is 1. The maximum atomic E-state index is 11.8. The Morgan fingerprint density at radius 2 is 1.71 bits per heavy atom. The van der Waals surface area contributed by atoms with Gasteiger partial charge in [0.2, 0.25) is 5.91 Å². The molecular weight excluding hydrogens is 290 g/mol. The van der Waals surface area contributed by atoms with E-state index in [1.54, 1.807) is 19.1 Å².